The number of halogens is 1. The zero-order chi connectivity index (χ0) is 21.1. The second-order valence-electron chi connectivity index (χ2n) is 7.24. The zero-order valence-electron chi connectivity index (χ0n) is 17.2. The fourth-order valence-corrected chi connectivity index (χ4v) is 2.62. The number of carbonyl (C=O) groups excluding carboxylic acids is 1. The summed E-state index contributed by atoms with van der Waals surface area (Å²) in [5.74, 6) is 2.12. The molecule has 3 aromatic rings. The number of para-hydroxylation sites is 1. The predicted molar refractivity (Wildman–Crippen MR) is 122 cm³/mol. The molecule has 0 bridgehead atoms. The van der Waals surface area contributed by atoms with Crippen LogP contribution in [0.15, 0.2) is 84.9 Å². The molecule has 0 atom stereocenters. The summed E-state index contributed by atoms with van der Waals surface area (Å²) in [5.41, 5.74) is 1.83. The number of hydrogen-bond acceptors (Lipinski definition) is 2. The summed E-state index contributed by atoms with van der Waals surface area (Å²) in [7, 11) is 0. The van der Waals surface area contributed by atoms with Gasteiger partial charge < -0.3 is 9.64 Å². The van der Waals surface area contributed by atoms with Crippen molar-refractivity contribution in [1.29, 1.82) is 0 Å². The van der Waals surface area contributed by atoms with Crippen molar-refractivity contribution in [2.24, 2.45) is 5.92 Å². The van der Waals surface area contributed by atoms with Gasteiger partial charge in [-0.25, -0.2) is 0 Å². The van der Waals surface area contributed by atoms with E-state index in [0.717, 1.165) is 22.9 Å². The molecule has 0 fully saturated rings. The molecule has 3 nitrogen and oxygen atoms in total. The van der Waals surface area contributed by atoms with E-state index in [-0.39, 0.29) is 11.8 Å². The van der Waals surface area contributed by atoms with Gasteiger partial charge >= 0.3 is 0 Å². The first-order valence-corrected chi connectivity index (χ1v) is 10.3. The monoisotopic (exact) mass is 409 g/mol. The van der Waals surface area contributed by atoms with Crippen LogP contribution in [-0.2, 0) is 11.3 Å². The van der Waals surface area contributed by atoms with E-state index in [1.165, 1.54) is 0 Å². The number of nitrogens with zero attached hydrogens (tertiary/aromatic N) is 1. The van der Waals surface area contributed by atoms with Gasteiger partial charge in [-0.15, -0.1) is 11.6 Å². The average molecular weight is 410 g/mol. The Morgan fingerprint density at radius 2 is 1.31 bits per heavy atom. The van der Waals surface area contributed by atoms with Crippen LogP contribution in [0.25, 0.3) is 0 Å². The first kappa shape index (κ1) is 22.5. The minimum Gasteiger partial charge on any atom is -0.457 e. The van der Waals surface area contributed by atoms with Crippen LogP contribution in [0.4, 0.5) is 5.69 Å². The standard InChI is InChI=1S/C21H18ClNO2.C4H10/c22-15-21(24)23(16-17-7-3-1-4-8-17)18-11-13-20(14-12-18)25-19-9-5-2-6-10-19;1-4(2)3/h1-14H,15-16H2;4H,1-3H3. The fourth-order valence-electron chi connectivity index (χ4n) is 2.48. The Morgan fingerprint density at radius 3 is 1.83 bits per heavy atom. The molecule has 1 amide bonds. The van der Waals surface area contributed by atoms with Gasteiger partial charge in [0, 0.05) is 5.69 Å². The van der Waals surface area contributed by atoms with Crippen molar-refractivity contribution in [1.82, 2.24) is 0 Å². The second-order valence-corrected chi connectivity index (χ2v) is 7.51. The van der Waals surface area contributed by atoms with Gasteiger partial charge in [0.15, 0.2) is 0 Å². The van der Waals surface area contributed by atoms with E-state index in [0.29, 0.717) is 12.3 Å². The molecular weight excluding hydrogens is 382 g/mol. The van der Waals surface area contributed by atoms with Gasteiger partial charge in [-0.1, -0.05) is 69.3 Å². The average Bonchev–Trinajstić information content (AvgIpc) is 2.73. The zero-order valence-corrected chi connectivity index (χ0v) is 18.0. The highest BCUT2D eigenvalue weighted by Gasteiger charge is 2.15. The smallest absolute Gasteiger partial charge is 0.242 e. The maximum atomic E-state index is 12.3. The maximum absolute atomic E-state index is 12.3. The summed E-state index contributed by atoms with van der Waals surface area (Å²) in [5, 5.41) is 0. The third-order valence-corrected chi connectivity index (χ3v) is 3.95. The molecule has 0 aliphatic heterocycles. The molecule has 0 saturated heterocycles. The fraction of sp³-hybridized carbons (Fsp3) is 0.240. The topological polar surface area (TPSA) is 29.5 Å². The number of hydrogen-bond donors (Lipinski definition) is 0. The van der Waals surface area contributed by atoms with Gasteiger partial charge in [-0.05, 0) is 47.9 Å². The minimum atomic E-state index is -0.137. The van der Waals surface area contributed by atoms with E-state index >= 15 is 0 Å². The lowest BCUT2D eigenvalue weighted by Gasteiger charge is -2.22. The van der Waals surface area contributed by atoms with Crippen LogP contribution >= 0.6 is 11.6 Å². The number of carbonyl (C=O) groups is 1. The van der Waals surface area contributed by atoms with E-state index in [2.05, 4.69) is 20.8 Å². The van der Waals surface area contributed by atoms with Gasteiger partial charge in [0.25, 0.3) is 0 Å². The molecule has 0 saturated carbocycles. The summed E-state index contributed by atoms with van der Waals surface area (Å²) in [6, 6.07) is 26.8. The van der Waals surface area contributed by atoms with Crippen molar-refractivity contribution in [3.05, 3.63) is 90.5 Å². The van der Waals surface area contributed by atoms with Gasteiger partial charge in [0.1, 0.15) is 17.4 Å². The number of anilines is 1. The summed E-state index contributed by atoms with van der Waals surface area (Å²) < 4.78 is 5.79. The number of amides is 1. The number of ether oxygens (including phenoxy) is 1. The lowest BCUT2D eigenvalue weighted by molar-refractivity contribution is -0.116. The Balaban J connectivity index is 0.000000687. The molecule has 0 spiro atoms. The predicted octanol–water partition coefficient (Wildman–Crippen LogP) is 6.91. The molecule has 0 aliphatic carbocycles. The maximum Gasteiger partial charge on any atom is 0.242 e. The number of benzene rings is 3. The van der Waals surface area contributed by atoms with Gasteiger partial charge in [-0.3, -0.25) is 4.79 Å². The van der Waals surface area contributed by atoms with Crippen LogP contribution in [0.1, 0.15) is 26.3 Å². The lowest BCUT2D eigenvalue weighted by atomic mass is 10.2. The Bertz CT molecular complexity index is 846. The molecule has 0 heterocycles. The number of alkyl halides is 1. The van der Waals surface area contributed by atoms with Crippen LogP contribution in [0.2, 0.25) is 0 Å². The van der Waals surface area contributed by atoms with E-state index in [4.69, 9.17) is 16.3 Å². The van der Waals surface area contributed by atoms with Crippen molar-refractivity contribution in [2.75, 3.05) is 10.8 Å². The summed E-state index contributed by atoms with van der Waals surface area (Å²) in [6.45, 7) is 6.98. The largest absolute Gasteiger partial charge is 0.457 e. The second kappa shape index (κ2) is 11.9. The van der Waals surface area contributed by atoms with Crippen LogP contribution in [0.3, 0.4) is 0 Å². The van der Waals surface area contributed by atoms with Crippen LogP contribution < -0.4 is 9.64 Å². The Morgan fingerprint density at radius 1 is 0.828 bits per heavy atom. The van der Waals surface area contributed by atoms with E-state index in [9.17, 15) is 4.79 Å². The molecule has 3 rings (SSSR count). The Labute approximate surface area is 178 Å². The quantitative estimate of drug-likeness (QED) is 0.414. The van der Waals surface area contributed by atoms with Crippen molar-refractivity contribution in [2.45, 2.75) is 27.3 Å². The van der Waals surface area contributed by atoms with Gasteiger partial charge in [-0.2, -0.15) is 0 Å². The molecule has 3 aromatic carbocycles. The SMILES string of the molecule is CC(C)C.O=C(CCl)N(Cc1ccccc1)c1ccc(Oc2ccccc2)cc1. The summed E-state index contributed by atoms with van der Waals surface area (Å²) in [6.07, 6.45) is 0. The molecule has 0 aliphatic rings. The molecule has 152 valence electrons. The Hall–Kier alpha value is -2.78. The van der Waals surface area contributed by atoms with Crippen LogP contribution in [-0.4, -0.2) is 11.8 Å². The van der Waals surface area contributed by atoms with Crippen LogP contribution in [0, 0.1) is 5.92 Å². The molecule has 0 aromatic heterocycles. The van der Waals surface area contributed by atoms with Crippen molar-refractivity contribution in [3.8, 4) is 11.5 Å². The Kier molecular flexibility index (Phi) is 9.26. The third kappa shape index (κ3) is 8.00. The first-order chi connectivity index (χ1) is 14.0. The summed E-state index contributed by atoms with van der Waals surface area (Å²) in [4.78, 5) is 13.9. The van der Waals surface area contributed by atoms with Crippen molar-refractivity contribution in [3.63, 3.8) is 0 Å². The van der Waals surface area contributed by atoms with E-state index in [1.54, 1.807) is 4.90 Å². The van der Waals surface area contributed by atoms with Crippen molar-refractivity contribution >= 4 is 23.2 Å². The normalized spacial score (nSPS) is 10.1. The van der Waals surface area contributed by atoms with Gasteiger partial charge in [0.2, 0.25) is 5.91 Å². The highest BCUT2D eigenvalue weighted by atomic mass is 35.5. The van der Waals surface area contributed by atoms with Crippen molar-refractivity contribution < 1.29 is 9.53 Å². The summed E-state index contributed by atoms with van der Waals surface area (Å²) >= 11 is 5.79. The van der Waals surface area contributed by atoms with E-state index < -0.39 is 0 Å². The van der Waals surface area contributed by atoms with E-state index in [1.807, 2.05) is 84.9 Å². The minimum absolute atomic E-state index is 0.0604. The molecule has 0 N–H and O–H groups in total. The molecular formula is C25H28ClNO2. The van der Waals surface area contributed by atoms with Crippen LogP contribution in [0.5, 0.6) is 11.5 Å². The molecule has 4 heteroatoms. The molecule has 0 unspecified atom stereocenters. The molecule has 29 heavy (non-hydrogen) atoms. The lowest BCUT2D eigenvalue weighted by Crippen LogP contribution is -2.31. The molecule has 0 radical (unpaired) electrons. The van der Waals surface area contributed by atoms with Gasteiger partial charge in [0.05, 0.1) is 6.54 Å². The third-order valence-electron chi connectivity index (χ3n) is 3.73. The number of rotatable bonds is 6. The highest BCUT2D eigenvalue weighted by Crippen LogP contribution is 2.25. The highest BCUT2D eigenvalue weighted by molar-refractivity contribution is 6.29. The first-order valence-electron chi connectivity index (χ1n) is 9.72.